The Morgan fingerprint density at radius 3 is 2.35 bits per heavy atom. The van der Waals surface area contributed by atoms with Crippen molar-refractivity contribution in [3.05, 3.63) is 33.8 Å². The van der Waals surface area contributed by atoms with Crippen LogP contribution in [-0.2, 0) is 6.54 Å². The van der Waals surface area contributed by atoms with E-state index in [1.165, 1.54) is 25.7 Å². The first-order valence-corrected chi connectivity index (χ1v) is 7.09. The van der Waals surface area contributed by atoms with Gasteiger partial charge in [-0.3, -0.25) is 0 Å². The maximum atomic E-state index is 5.98. The Hall–Kier alpha value is -0.240. The Morgan fingerprint density at radius 1 is 1.18 bits per heavy atom. The predicted octanol–water partition coefficient (Wildman–Crippen LogP) is 4.66. The van der Waals surface area contributed by atoms with Crippen molar-refractivity contribution >= 4 is 23.2 Å². The number of hydrogen-bond donors (Lipinski definition) is 1. The van der Waals surface area contributed by atoms with Crippen LogP contribution in [0.1, 0.15) is 38.2 Å². The first-order valence-electron chi connectivity index (χ1n) is 6.33. The van der Waals surface area contributed by atoms with Gasteiger partial charge < -0.3 is 5.32 Å². The summed E-state index contributed by atoms with van der Waals surface area (Å²) in [4.78, 5) is 0. The first kappa shape index (κ1) is 13.2. The molecule has 0 bridgehead atoms. The minimum Gasteiger partial charge on any atom is -0.310 e. The van der Waals surface area contributed by atoms with Gasteiger partial charge in [0.2, 0.25) is 0 Å². The highest BCUT2D eigenvalue weighted by Gasteiger charge is 2.20. The van der Waals surface area contributed by atoms with Crippen molar-refractivity contribution in [2.24, 2.45) is 5.92 Å². The maximum absolute atomic E-state index is 5.98. The quantitative estimate of drug-likeness (QED) is 0.840. The molecule has 2 rings (SSSR count). The summed E-state index contributed by atoms with van der Waals surface area (Å²) in [5, 5.41) is 5.00. The zero-order valence-corrected chi connectivity index (χ0v) is 11.7. The third-order valence-electron chi connectivity index (χ3n) is 3.66. The Kier molecular flexibility index (Phi) is 4.72. The van der Waals surface area contributed by atoms with Gasteiger partial charge in [0.05, 0.1) is 0 Å². The number of hydrogen-bond acceptors (Lipinski definition) is 1. The fourth-order valence-electron chi connectivity index (χ4n) is 2.62. The van der Waals surface area contributed by atoms with Crippen LogP contribution in [0, 0.1) is 5.92 Å². The molecule has 0 saturated heterocycles. The van der Waals surface area contributed by atoms with Crippen molar-refractivity contribution in [1.82, 2.24) is 5.32 Å². The highest BCUT2D eigenvalue weighted by Crippen LogP contribution is 2.27. The summed E-state index contributed by atoms with van der Waals surface area (Å²) in [5.74, 6) is 0.838. The molecule has 3 heteroatoms. The minimum atomic E-state index is 0.579. The smallest absolute Gasteiger partial charge is 0.0424 e. The SMILES string of the molecule is C[C@H](NCc1cc(Cl)cc(Cl)c1)C1CCCC1. The van der Waals surface area contributed by atoms with Crippen molar-refractivity contribution < 1.29 is 0 Å². The van der Waals surface area contributed by atoms with Crippen LogP contribution >= 0.6 is 23.2 Å². The van der Waals surface area contributed by atoms with Gasteiger partial charge in [-0.25, -0.2) is 0 Å². The summed E-state index contributed by atoms with van der Waals surface area (Å²) in [7, 11) is 0. The molecule has 0 heterocycles. The lowest BCUT2D eigenvalue weighted by molar-refractivity contribution is 0.380. The lowest BCUT2D eigenvalue weighted by Gasteiger charge is -2.20. The van der Waals surface area contributed by atoms with E-state index in [9.17, 15) is 0 Å². The molecule has 1 aromatic carbocycles. The number of nitrogens with one attached hydrogen (secondary N) is 1. The van der Waals surface area contributed by atoms with Crippen LogP contribution in [0.3, 0.4) is 0 Å². The second kappa shape index (κ2) is 6.08. The Balaban J connectivity index is 1.88. The Labute approximate surface area is 114 Å². The highest BCUT2D eigenvalue weighted by atomic mass is 35.5. The predicted molar refractivity (Wildman–Crippen MR) is 74.7 cm³/mol. The van der Waals surface area contributed by atoms with Gasteiger partial charge in [0.15, 0.2) is 0 Å². The zero-order chi connectivity index (χ0) is 12.3. The standard InChI is InChI=1S/C14H19Cl2N/c1-10(12-4-2-3-5-12)17-9-11-6-13(15)8-14(16)7-11/h6-8,10,12,17H,2-5,9H2,1H3/t10-/m0/s1. The first-order chi connectivity index (χ1) is 8.15. The van der Waals surface area contributed by atoms with Gasteiger partial charge in [-0.05, 0) is 49.4 Å². The summed E-state index contributed by atoms with van der Waals surface area (Å²) in [5.41, 5.74) is 1.16. The molecule has 0 unspecified atom stereocenters. The van der Waals surface area contributed by atoms with Crippen molar-refractivity contribution in [3.8, 4) is 0 Å². The van der Waals surface area contributed by atoms with E-state index in [4.69, 9.17) is 23.2 Å². The van der Waals surface area contributed by atoms with Gasteiger partial charge in [0.1, 0.15) is 0 Å². The lowest BCUT2D eigenvalue weighted by atomic mass is 9.99. The largest absolute Gasteiger partial charge is 0.310 e. The highest BCUT2D eigenvalue weighted by molar-refractivity contribution is 6.34. The Bertz CT molecular complexity index is 352. The van der Waals surface area contributed by atoms with Crippen molar-refractivity contribution in [1.29, 1.82) is 0 Å². The normalized spacial score (nSPS) is 18.5. The second-order valence-electron chi connectivity index (χ2n) is 4.99. The lowest BCUT2D eigenvalue weighted by Crippen LogP contribution is -2.31. The molecule has 1 nitrogen and oxygen atoms in total. The molecule has 1 fully saturated rings. The van der Waals surface area contributed by atoms with E-state index in [2.05, 4.69) is 12.2 Å². The molecule has 1 aromatic rings. The molecule has 17 heavy (non-hydrogen) atoms. The van der Waals surface area contributed by atoms with E-state index < -0.39 is 0 Å². The molecule has 1 atom stereocenters. The van der Waals surface area contributed by atoms with E-state index in [0.717, 1.165) is 18.0 Å². The molecule has 0 aliphatic heterocycles. The van der Waals surface area contributed by atoms with Gasteiger partial charge >= 0.3 is 0 Å². The molecule has 0 aromatic heterocycles. The maximum Gasteiger partial charge on any atom is 0.0424 e. The summed E-state index contributed by atoms with van der Waals surface area (Å²) in [6.45, 7) is 3.13. The number of benzene rings is 1. The van der Waals surface area contributed by atoms with Crippen LogP contribution in [0.15, 0.2) is 18.2 Å². The van der Waals surface area contributed by atoms with E-state index in [-0.39, 0.29) is 0 Å². The van der Waals surface area contributed by atoms with E-state index in [0.29, 0.717) is 16.1 Å². The zero-order valence-electron chi connectivity index (χ0n) is 10.2. The number of rotatable bonds is 4. The topological polar surface area (TPSA) is 12.0 Å². The van der Waals surface area contributed by atoms with E-state index in [1.54, 1.807) is 6.07 Å². The van der Waals surface area contributed by atoms with Crippen molar-refractivity contribution in [2.45, 2.75) is 45.2 Å². The average molecular weight is 272 g/mol. The molecule has 0 radical (unpaired) electrons. The van der Waals surface area contributed by atoms with Gasteiger partial charge in [-0.1, -0.05) is 36.0 Å². The molecule has 0 amide bonds. The molecule has 0 spiro atoms. The van der Waals surface area contributed by atoms with E-state index in [1.807, 2.05) is 12.1 Å². The second-order valence-corrected chi connectivity index (χ2v) is 5.86. The third kappa shape index (κ3) is 3.87. The van der Waals surface area contributed by atoms with Crippen LogP contribution in [0.4, 0.5) is 0 Å². The van der Waals surface area contributed by atoms with E-state index >= 15 is 0 Å². The van der Waals surface area contributed by atoms with Crippen molar-refractivity contribution in [3.63, 3.8) is 0 Å². The summed E-state index contributed by atoms with van der Waals surface area (Å²) >= 11 is 12.0. The van der Waals surface area contributed by atoms with Crippen LogP contribution in [0.5, 0.6) is 0 Å². The average Bonchev–Trinajstić information content (AvgIpc) is 2.78. The molecule has 1 aliphatic rings. The monoisotopic (exact) mass is 271 g/mol. The molecule has 1 N–H and O–H groups in total. The molecule has 94 valence electrons. The fourth-order valence-corrected chi connectivity index (χ4v) is 3.19. The van der Waals surface area contributed by atoms with Gasteiger partial charge in [0, 0.05) is 22.6 Å². The summed E-state index contributed by atoms with van der Waals surface area (Å²) in [6.07, 6.45) is 5.51. The van der Waals surface area contributed by atoms with Gasteiger partial charge in [0.25, 0.3) is 0 Å². The molecule has 1 saturated carbocycles. The molecule has 1 aliphatic carbocycles. The summed E-state index contributed by atoms with van der Waals surface area (Å²) < 4.78 is 0. The molecular weight excluding hydrogens is 253 g/mol. The fraction of sp³-hybridized carbons (Fsp3) is 0.571. The number of halogens is 2. The van der Waals surface area contributed by atoms with Gasteiger partial charge in [-0.15, -0.1) is 0 Å². The summed E-state index contributed by atoms with van der Waals surface area (Å²) in [6, 6.07) is 6.30. The van der Waals surface area contributed by atoms with Crippen LogP contribution in [-0.4, -0.2) is 6.04 Å². The van der Waals surface area contributed by atoms with Crippen molar-refractivity contribution in [2.75, 3.05) is 0 Å². The minimum absolute atomic E-state index is 0.579. The van der Waals surface area contributed by atoms with Gasteiger partial charge in [-0.2, -0.15) is 0 Å². The van der Waals surface area contributed by atoms with Crippen LogP contribution in [0.2, 0.25) is 10.0 Å². The Morgan fingerprint density at radius 2 is 1.76 bits per heavy atom. The third-order valence-corrected chi connectivity index (χ3v) is 4.09. The van der Waals surface area contributed by atoms with Crippen LogP contribution in [0.25, 0.3) is 0 Å². The molecular formula is C14H19Cl2N. The van der Waals surface area contributed by atoms with Crippen LogP contribution < -0.4 is 5.32 Å².